The van der Waals surface area contributed by atoms with Crippen LogP contribution in [-0.2, 0) is 0 Å². The van der Waals surface area contributed by atoms with Crippen LogP contribution >= 0.6 is 0 Å². The van der Waals surface area contributed by atoms with Crippen molar-refractivity contribution in [1.29, 1.82) is 0 Å². The Morgan fingerprint density at radius 1 is 1.47 bits per heavy atom. The molecule has 0 radical (unpaired) electrons. The Bertz CT molecular complexity index is 424. The first-order valence-corrected chi connectivity index (χ1v) is 6.03. The average Bonchev–Trinajstić information content (AvgIpc) is 2.25. The van der Waals surface area contributed by atoms with Crippen LogP contribution < -0.4 is 10.1 Å². The van der Waals surface area contributed by atoms with Gasteiger partial charge in [-0.3, -0.25) is 4.79 Å². The van der Waals surface area contributed by atoms with Crippen LogP contribution in [0.15, 0.2) is 18.2 Å². The molecule has 2 rings (SSSR count). The van der Waals surface area contributed by atoms with Crippen LogP contribution in [0.2, 0.25) is 0 Å². The van der Waals surface area contributed by atoms with E-state index in [0.29, 0.717) is 5.92 Å². The number of Topliss-reactive ketones (excluding diaryl/α,β-unsaturated/α-hetero) is 1. The highest BCUT2D eigenvalue weighted by molar-refractivity contribution is 5.99. The van der Waals surface area contributed by atoms with Gasteiger partial charge in [0.1, 0.15) is 5.75 Å². The molecule has 17 heavy (non-hydrogen) atoms. The minimum Gasteiger partial charge on any atom is -0.497 e. The first-order chi connectivity index (χ1) is 8.13. The van der Waals surface area contributed by atoms with E-state index in [1.807, 2.05) is 32.0 Å². The highest BCUT2D eigenvalue weighted by Crippen LogP contribution is 2.24. The van der Waals surface area contributed by atoms with Crippen molar-refractivity contribution in [3.05, 3.63) is 29.3 Å². The molecule has 0 aromatic heterocycles. The van der Waals surface area contributed by atoms with Crippen LogP contribution in [0.25, 0.3) is 0 Å². The third kappa shape index (κ3) is 2.34. The Kier molecular flexibility index (Phi) is 3.48. The van der Waals surface area contributed by atoms with E-state index in [2.05, 4.69) is 5.32 Å². The Balaban J connectivity index is 2.18. The molecule has 92 valence electrons. The third-order valence-corrected chi connectivity index (χ3v) is 3.63. The van der Waals surface area contributed by atoms with Gasteiger partial charge >= 0.3 is 0 Å². The van der Waals surface area contributed by atoms with E-state index in [0.717, 1.165) is 30.0 Å². The number of nitrogens with one attached hydrogen (secondary N) is 1. The summed E-state index contributed by atoms with van der Waals surface area (Å²) in [6.07, 6.45) is 0. The van der Waals surface area contributed by atoms with Crippen molar-refractivity contribution < 1.29 is 9.53 Å². The highest BCUT2D eigenvalue weighted by atomic mass is 16.5. The first-order valence-electron chi connectivity index (χ1n) is 6.03. The number of methoxy groups -OCH3 is 1. The van der Waals surface area contributed by atoms with E-state index in [-0.39, 0.29) is 11.7 Å². The molecule has 3 heteroatoms. The molecule has 1 atom stereocenters. The van der Waals surface area contributed by atoms with Crippen LogP contribution in [0.4, 0.5) is 0 Å². The average molecular weight is 233 g/mol. The van der Waals surface area contributed by atoms with E-state index in [9.17, 15) is 4.79 Å². The van der Waals surface area contributed by atoms with Crippen molar-refractivity contribution in [3.63, 3.8) is 0 Å². The monoisotopic (exact) mass is 233 g/mol. The lowest BCUT2D eigenvalue weighted by Gasteiger charge is -2.32. The number of rotatable bonds is 4. The number of carbonyl (C=O) groups is 1. The fourth-order valence-corrected chi connectivity index (χ4v) is 2.16. The van der Waals surface area contributed by atoms with Crippen molar-refractivity contribution in [2.24, 2.45) is 11.8 Å². The number of ether oxygens (including phenoxy) is 1. The van der Waals surface area contributed by atoms with E-state index in [1.54, 1.807) is 7.11 Å². The lowest BCUT2D eigenvalue weighted by molar-refractivity contribution is 0.0853. The zero-order chi connectivity index (χ0) is 12.4. The van der Waals surface area contributed by atoms with E-state index in [4.69, 9.17) is 4.74 Å². The van der Waals surface area contributed by atoms with Crippen LogP contribution in [0, 0.1) is 18.8 Å². The Hall–Kier alpha value is -1.35. The zero-order valence-corrected chi connectivity index (χ0v) is 10.6. The minimum atomic E-state index is 0.100. The van der Waals surface area contributed by atoms with Gasteiger partial charge in [0.2, 0.25) is 0 Å². The molecule has 0 aliphatic carbocycles. The summed E-state index contributed by atoms with van der Waals surface area (Å²) in [6.45, 7) is 5.91. The predicted octanol–water partition coefficient (Wildman–Crippen LogP) is 2.04. The number of ketones is 1. The zero-order valence-electron chi connectivity index (χ0n) is 10.6. The molecular formula is C14H19NO2. The molecule has 1 unspecified atom stereocenters. The van der Waals surface area contributed by atoms with Gasteiger partial charge in [0.05, 0.1) is 7.11 Å². The summed E-state index contributed by atoms with van der Waals surface area (Å²) in [7, 11) is 1.64. The van der Waals surface area contributed by atoms with Gasteiger partial charge in [-0.2, -0.15) is 0 Å². The molecule has 3 nitrogen and oxygen atoms in total. The van der Waals surface area contributed by atoms with E-state index >= 15 is 0 Å². The van der Waals surface area contributed by atoms with E-state index in [1.165, 1.54) is 0 Å². The molecule has 0 bridgehead atoms. The Morgan fingerprint density at radius 3 is 2.65 bits per heavy atom. The fraction of sp³-hybridized carbons (Fsp3) is 0.500. The van der Waals surface area contributed by atoms with Gasteiger partial charge in [0, 0.05) is 11.5 Å². The number of benzene rings is 1. The lowest BCUT2D eigenvalue weighted by atomic mass is 9.82. The Labute approximate surface area is 102 Å². The quantitative estimate of drug-likeness (QED) is 0.809. The summed E-state index contributed by atoms with van der Waals surface area (Å²) in [4.78, 5) is 12.3. The second kappa shape index (κ2) is 4.88. The number of aryl methyl sites for hydroxylation is 1. The number of carbonyl (C=O) groups excluding carboxylic acids is 1. The molecule has 1 aromatic carbocycles. The van der Waals surface area contributed by atoms with Gasteiger partial charge in [-0.05, 0) is 49.7 Å². The minimum absolute atomic E-state index is 0.100. The fourth-order valence-electron chi connectivity index (χ4n) is 2.16. The van der Waals surface area contributed by atoms with Gasteiger partial charge < -0.3 is 10.1 Å². The molecule has 1 saturated heterocycles. The molecule has 1 fully saturated rings. The molecule has 1 aliphatic heterocycles. The molecular weight excluding hydrogens is 214 g/mol. The summed E-state index contributed by atoms with van der Waals surface area (Å²) < 4.78 is 5.15. The van der Waals surface area contributed by atoms with Gasteiger partial charge in [-0.25, -0.2) is 0 Å². The van der Waals surface area contributed by atoms with Crippen molar-refractivity contribution in [2.45, 2.75) is 13.8 Å². The summed E-state index contributed by atoms with van der Waals surface area (Å²) in [6, 6.07) is 5.64. The lowest BCUT2D eigenvalue weighted by Crippen LogP contribution is -2.47. The normalized spacial score (nSPS) is 17.4. The Morgan fingerprint density at radius 2 is 2.18 bits per heavy atom. The van der Waals surface area contributed by atoms with Crippen molar-refractivity contribution in [2.75, 3.05) is 20.2 Å². The SMILES string of the molecule is COc1ccc(C(=O)C(C)C2CNC2)c(C)c1. The summed E-state index contributed by atoms with van der Waals surface area (Å²) >= 11 is 0. The van der Waals surface area contributed by atoms with Crippen LogP contribution in [0.3, 0.4) is 0 Å². The first kappa shape index (κ1) is 12.1. The van der Waals surface area contributed by atoms with Gasteiger partial charge in [-0.15, -0.1) is 0 Å². The molecule has 1 aromatic rings. The van der Waals surface area contributed by atoms with E-state index < -0.39 is 0 Å². The third-order valence-electron chi connectivity index (χ3n) is 3.63. The number of hydrogen-bond acceptors (Lipinski definition) is 3. The standard InChI is InChI=1S/C14H19NO2/c1-9-6-12(17-3)4-5-13(9)14(16)10(2)11-7-15-8-11/h4-6,10-11,15H,7-8H2,1-3H3. The van der Waals surface area contributed by atoms with Crippen LogP contribution in [-0.4, -0.2) is 26.0 Å². The largest absolute Gasteiger partial charge is 0.497 e. The van der Waals surface area contributed by atoms with Gasteiger partial charge in [-0.1, -0.05) is 6.92 Å². The summed E-state index contributed by atoms with van der Waals surface area (Å²) in [5.41, 5.74) is 1.82. The molecule has 1 N–H and O–H groups in total. The molecule has 0 saturated carbocycles. The maximum absolute atomic E-state index is 12.3. The molecule has 1 aliphatic rings. The molecule has 1 heterocycles. The predicted molar refractivity (Wildman–Crippen MR) is 67.6 cm³/mol. The van der Waals surface area contributed by atoms with Crippen molar-refractivity contribution >= 4 is 5.78 Å². The van der Waals surface area contributed by atoms with Crippen molar-refractivity contribution in [1.82, 2.24) is 5.32 Å². The summed E-state index contributed by atoms with van der Waals surface area (Å²) in [5, 5.41) is 3.21. The smallest absolute Gasteiger partial charge is 0.166 e. The number of hydrogen-bond donors (Lipinski definition) is 1. The van der Waals surface area contributed by atoms with Gasteiger partial charge in [0.15, 0.2) is 5.78 Å². The van der Waals surface area contributed by atoms with Crippen LogP contribution in [0.1, 0.15) is 22.8 Å². The van der Waals surface area contributed by atoms with Crippen molar-refractivity contribution in [3.8, 4) is 5.75 Å². The molecule has 0 amide bonds. The second-order valence-electron chi connectivity index (χ2n) is 4.75. The maximum Gasteiger partial charge on any atom is 0.166 e. The maximum atomic E-state index is 12.3. The topological polar surface area (TPSA) is 38.3 Å². The van der Waals surface area contributed by atoms with Gasteiger partial charge in [0.25, 0.3) is 0 Å². The molecule has 0 spiro atoms. The summed E-state index contributed by atoms with van der Waals surface area (Å²) in [5.74, 6) is 1.64. The van der Waals surface area contributed by atoms with Crippen LogP contribution in [0.5, 0.6) is 5.75 Å². The second-order valence-corrected chi connectivity index (χ2v) is 4.75. The highest BCUT2D eigenvalue weighted by Gasteiger charge is 2.29.